The maximum absolute atomic E-state index is 4.54. The smallest absolute Gasteiger partial charge is 0.0760 e. The second-order valence-electron chi connectivity index (χ2n) is 6.19. The Morgan fingerprint density at radius 3 is 1.39 bits per heavy atom. The van der Waals surface area contributed by atoms with Gasteiger partial charge in [-0.15, -0.1) is 13.2 Å². The van der Waals surface area contributed by atoms with Crippen LogP contribution in [0.5, 0.6) is 0 Å². The number of hydrogen-bond donors (Lipinski definition) is 0. The highest BCUT2D eigenvalue weighted by Crippen LogP contribution is 2.24. The third-order valence-electron chi connectivity index (χ3n) is 2.99. The first-order valence-electron chi connectivity index (χ1n) is 6.99. The first-order valence-corrected chi connectivity index (χ1v) is 6.99. The van der Waals surface area contributed by atoms with E-state index >= 15 is 0 Å². The molecule has 0 aromatic heterocycles. The lowest BCUT2D eigenvalue weighted by molar-refractivity contribution is 0.377. The summed E-state index contributed by atoms with van der Waals surface area (Å²) < 4.78 is 0. The van der Waals surface area contributed by atoms with Gasteiger partial charge in [-0.05, 0) is 66.2 Å². The van der Waals surface area contributed by atoms with Gasteiger partial charge in [-0.3, -0.25) is 0 Å². The van der Waals surface area contributed by atoms with Crippen LogP contribution in [0.15, 0.2) is 35.5 Å². The molecule has 0 bridgehead atoms. The second kappa shape index (κ2) is 8.23. The fourth-order valence-electron chi connectivity index (χ4n) is 1.73. The van der Waals surface area contributed by atoms with E-state index in [4.69, 9.17) is 0 Å². The third-order valence-corrected chi connectivity index (χ3v) is 2.99. The van der Waals surface area contributed by atoms with Crippen molar-refractivity contribution in [2.75, 3.05) is 0 Å². The Labute approximate surface area is 113 Å². The molecule has 0 spiro atoms. The number of rotatable bonds is 10. The maximum atomic E-state index is 4.54. The largest absolute Gasteiger partial charge is 0.187 e. The predicted molar refractivity (Wildman–Crippen MR) is 81.1 cm³/mol. The summed E-state index contributed by atoms with van der Waals surface area (Å²) in [6.07, 6.45) is 10.4. The lowest BCUT2D eigenvalue weighted by Crippen LogP contribution is -2.20. The normalized spacial score (nSPS) is 12.9. The van der Waals surface area contributed by atoms with Gasteiger partial charge in [0.1, 0.15) is 0 Å². The Hall–Kier alpha value is -0.920. The van der Waals surface area contributed by atoms with E-state index in [1.165, 1.54) is 0 Å². The Morgan fingerprint density at radius 2 is 1.11 bits per heavy atom. The van der Waals surface area contributed by atoms with Gasteiger partial charge in [-0.25, -0.2) is 0 Å². The Balaban J connectivity index is 4.22. The summed E-state index contributed by atoms with van der Waals surface area (Å²) in [5.74, 6) is 0. The van der Waals surface area contributed by atoms with Crippen molar-refractivity contribution in [3.8, 4) is 0 Å². The van der Waals surface area contributed by atoms with E-state index in [9.17, 15) is 0 Å². The van der Waals surface area contributed by atoms with Crippen LogP contribution in [0.2, 0.25) is 0 Å². The van der Waals surface area contributed by atoms with Gasteiger partial charge < -0.3 is 0 Å². The van der Waals surface area contributed by atoms with Gasteiger partial charge in [0.05, 0.1) is 11.1 Å². The summed E-state index contributed by atoms with van der Waals surface area (Å²) in [5, 5.41) is 9.09. The van der Waals surface area contributed by atoms with Gasteiger partial charge in [-0.2, -0.15) is 10.2 Å². The fourth-order valence-corrected chi connectivity index (χ4v) is 1.73. The van der Waals surface area contributed by atoms with Crippen molar-refractivity contribution in [1.29, 1.82) is 0 Å². The van der Waals surface area contributed by atoms with E-state index in [1.54, 1.807) is 0 Å². The lowest BCUT2D eigenvalue weighted by atomic mass is 9.97. The zero-order chi connectivity index (χ0) is 14.1. The molecule has 0 aromatic rings. The molecule has 0 aliphatic carbocycles. The predicted octanol–water partition coefficient (Wildman–Crippen LogP) is 5.71. The van der Waals surface area contributed by atoms with Crippen molar-refractivity contribution >= 4 is 0 Å². The molecule has 0 saturated heterocycles. The van der Waals surface area contributed by atoms with E-state index in [-0.39, 0.29) is 11.1 Å². The van der Waals surface area contributed by atoms with Crippen LogP contribution < -0.4 is 0 Å². The summed E-state index contributed by atoms with van der Waals surface area (Å²) in [6.45, 7) is 16.1. The van der Waals surface area contributed by atoms with Crippen LogP contribution in [-0.2, 0) is 0 Å². The molecule has 0 amide bonds. The Morgan fingerprint density at radius 1 is 0.778 bits per heavy atom. The quantitative estimate of drug-likeness (QED) is 0.269. The highest BCUT2D eigenvalue weighted by molar-refractivity contribution is 4.82. The number of unbranched alkanes of at least 4 members (excludes halogenated alkanes) is 2. The van der Waals surface area contributed by atoms with E-state index in [2.05, 4.69) is 51.1 Å². The van der Waals surface area contributed by atoms with Crippen molar-refractivity contribution in [3.05, 3.63) is 25.3 Å². The summed E-state index contributed by atoms with van der Waals surface area (Å²) in [7, 11) is 0. The van der Waals surface area contributed by atoms with E-state index in [1.807, 2.05) is 12.2 Å². The van der Waals surface area contributed by atoms with Crippen molar-refractivity contribution in [2.24, 2.45) is 10.2 Å². The summed E-state index contributed by atoms with van der Waals surface area (Å²) in [4.78, 5) is 0. The number of azo groups is 1. The molecule has 0 unspecified atom stereocenters. The molecule has 18 heavy (non-hydrogen) atoms. The lowest BCUT2D eigenvalue weighted by Gasteiger charge is -2.23. The number of nitrogens with zero attached hydrogens (tertiary/aromatic N) is 2. The molecule has 0 N–H and O–H groups in total. The molecule has 0 aliphatic heterocycles. The van der Waals surface area contributed by atoms with Crippen LogP contribution in [0.1, 0.15) is 66.2 Å². The average Bonchev–Trinajstić information content (AvgIpc) is 2.27. The van der Waals surface area contributed by atoms with Crippen molar-refractivity contribution in [1.82, 2.24) is 0 Å². The maximum Gasteiger partial charge on any atom is 0.0760 e. The molecular formula is C16H30N2. The molecule has 0 saturated carbocycles. The SMILES string of the molecule is C=CCCCC(C)(C)N=NC(C)(C)CCCC=C. The highest BCUT2D eigenvalue weighted by Gasteiger charge is 2.20. The fraction of sp³-hybridized carbons (Fsp3) is 0.750. The monoisotopic (exact) mass is 250 g/mol. The van der Waals surface area contributed by atoms with Crippen LogP contribution in [0.3, 0.4) is 0 Å². The molecule has 0 heterocycles. The minimum absolute atomic E-state index is 0.0568. The summed E-state index contributed by atoms with van der Waals surface area (Å²) >= 11 is 0. The van der Waals surface area contributed by atoms with Crippen LogP contribution >= 0.6 is 0 Å². The minimum Gasteiger partial charge on any atom is -0.187 e. The number of allylic oxidation sites excluding steroid dienone is 2. The third kappa shape index (κ3) is 9.15. The molecule has 0 fully saturated rings. The highest BCUT2D eigenvalue weighted by atomic mass is 15.2. The van der Waals surface area contributed by atoms with E-state index < -0.39 is 0 Å². The first-order chi connectivity index (χ1) is 8.33. The molecular weight excluding hydrogens is 220 g/mol. The van der Waals surface area contributed by atoms with E-state index in [0.717, 1.165) is 38.5 Å². The van der Waals surface area contributed by atoms with Gasteiger partial charge >= 0.3 is 0 Å². The summed E-state index contributed by atoms with van der Waals surface area (Å²) in [6, 6.07) is 0. The first kappa shape index (κ1) is 17.1. The molecule has 2 heteroatoms. The minimum atomic E-state index is -0.0568. The zero-order valence-electron chi connectivity index (χ0n) is 12.7. The topological polar surface area (TPSA) is 24.7 Å². The van der Waals surface area contributed by atoms with Gasteiger partial charge in [-0.1, -0.05) is 12.2 Å². The van der Waals surface area contributed by atoms with Crippen LogP contribution in [0.4, 0.5) is 0 Å². The van der Waals surface area contributed by atoms with Crippen LogP contribution in [0, 0.1) is 0 Å². The van der Waals surface area contributed by atoms with Gasteiger partial charge in [0.25, 0.3) is 0 Å². The van der Waals surface area contributed by atoms with Crippen LogP contribution in [-0.4, -0.2) is 11.1 Å². The molecule has 2 nitrogen and oxygen atoms in total. The average molecular weight is 250 g/mol. The molecule has 0 radical (unpaired) electrons. The molecule has 0 aromatic carbocycles. The molecule has 0 aliphatic rings. The van der Waals surface area contributed by atoms with Gasteiger partial charge in [0, 0.05) is 0 Å². The Bertz CT molecular complexity index is 247. The summed E-state index contributed by atoms with van der Waals surface area (Å²) in [5.41, 5.74) is -0.114. The number of hydrogen-bond acceptors (Lipinski definition) is 2. The zero-order valence-corrected chi connectivity index (χ0v) is 12.7. The van der Waals surface area contributed by atoms with Crippen molar-refractivity contribution in [2.45, 2.75) is 77.3 Å². The van der Waals surface area contributed by atoms with Crippen LogP contribution in [0.25, 0.3) is 0 Å². The van der Waals surface area contributed by atoms with Crippen molar-refractivity contribution in [3.63, 3.8) is 0 Å². The standard InChI is InChI=1S/C16H30N2/c1-7-9-11-13-15(3,4)17-18-16(5,6)14-12-10-8-2/h7-8H,1-2,9-14H2,3-6H3. The van der Waals surface area contributed by atoms with Gasteiger partial charge in [0.15, 0.2) is 0 Å². The molecule has 104 valence electrons. The van der Waals surface area contributed by atoms with Gasteiger partial charge in [0.2, 0.25) is 0 Å². The molecule has 0 atom stereocenters. The Kier molecular flexibility index (Phi) is 7.81. The van der Waals surface area contributed by atoms with E-state index in [0.29, 0.717) is 0 Å². The van der Waals surface area contributed by atoms with Crippen molar-refractivity contribution < 1.29 is 0 Å². The second-order valence-corrected chi connectivity index (χ2v) is 6.19. The molecule has 0 rings (SSSR count).